The number of rotatable bonds is 4. The van der Waals surface area contributed by atoms with Crippen LogP contribution in [0.5, 0.6) is 0 Å². The summed E-state index contributed by atoms with van der Waals surface area (Å²) in [6.07, 6.45) is -0.640. The molecule has 132 valence electrons. The minimum absolute atomic E-state index is 0.335. The lowest BCUT2D eigenvalue weighted by Gasteiger charge is -2.23. The number of anilines is 1. The van der Waals surface area contributed by atoms with Gasteiger partial charge < -0.3 is 15.4 Å². The normalized spacial score (nSPS) is 12.2. The Morgan fingerprint density at radius 2 is 1.60 bits per heavy atom. The first-order valence-corrected chi connectivity index (χ1v) is 8.93. The molecule has 6 heteroatoms. The van der Waals surface area contributed by atoms with E-state index in [1.165, 1.54) is 0 Å². The lowest BCUT2D eigenvalue weighted by molar-refractivity contribution is -0.118. The first-order chi connectivity index (χ1) is 11.7. The third kappa shape index (κ3) is 6.38. The molecule has 0 saturated heterocycles. The smallest absolute Gasteiger partial charge is 0.408 e. The highest BCUT2D eigenvalue weighted by Crippen LogP contribution is 2.18. The van der Waals surface area contributed by atoms with Crippen LogP contribution in [0.3, 0.4) is 0 Å². The summed E-state index contributed by atoms with van der Waals surface area (Å²) >= 11 is 2.19. The number of halogens is 1. The first kappa shape index (κ1) is 19.2. The van der Waals surface area contributed by atoms with E-state index in [1.807, 2.05) is 42.5 Å². The van der Waals surface area contributed by atoms with Crippen molar-refractivity contribution in [2.75, 3.05) is 5.32 Å². The van der Waals surface area contributed by atoms with Crippen molar-refractivity contribution in [1.29, 1.82) is 0 Å². The molecule has 2 N–H and O–H groups in total. The molecule has 2 aromatic carbocycles. The van der Waals surface area contributed by atoms with Crippen LogP contribution in [0.4, 0.5) is 10.5 Å². The minimum Gasteiger partial charge on any atom is -0.444 e. The van der Waals surface area contributed by atoms with Gasteiger partial charge in [-0.05, 0) is 73.2 Å². The van der Waals surface area contributed by atoms with Crippen LogP contribution in [0.15, 0.2) is 54.6 Å². The molecule has 0 fully saturated rings. The number of amides is 2. The maximum absolute atomic E-state index is 12.7. The van der Waals surface area contributed by atoms with E-state index >= 15 is 0 Å². The molecule has 0 aliphatic heterocycles. The molecular weight excluding hydrogens is 431 g/mol. The topological polar surface area (TPSA) is 67.4 Å². The van der Waals surface area contributed by atoms with Crippen LogP contribution >= 0.6 is 22.6 Å². The lowest BCUT2D eigenvalue weighted by atomic mass is 10.1. The van der Waals surface area contributed by atoms with Crippen molar-refractivity contribution in [2.24, 2.45) is 0 Å². The largest absolute Gasteiger partial charge is 0.444 e. The number of ether oxygens (including phenoxy) is 1. The molecule has 0 aliphatic rings. The fraction of sp³-hybridized carbons (Fsp3) is 0.263. The Morgan fingerprint density at radius 1 is 1.00 bits per heavy atom. The summed E-state index contributed by atoms with van der Waals surface area (Å²) in [4.78, 5) is 24.8. The molecule has 0 heterocycles. The van der Waals surface area contributed by atoms with Crippen molar-refractivity contribution in [3.63, 3.8) is 0 Å². The zero-order chi connectivity index (χ0) is 18.4. The molecule has 0 aromatic heterocycles. The quantitative estimate of drug-likeness (QED) is 0.672. The number of hydrogen-bond acceptors (Lipinski definition) is 3. The molecule has 0 unspecified atom stereocenters. The second-order valence-corrected chi connectivity index (χ2v) is 7.73. The average molecular weight is 452 g/mol. The fourth-order valence-electron chi connectivity index (χ4n) is 2.12. The molecule has 2 aromatic rings. The number of carbonyl (C=O) groups excluding carboxylic acids is 2. The van der Waals surface area contributed by atoms with E-state index in [0.29, 0.717) is 11.3 Å². The van der Waals surface area contributed by atoms with Gasteiger partial charge in [0.1, 0.15) is 11.6 Å². The standard InChI is InChI=1S/C19H21IN2O3/c1-19(2,3)25-18(24)22-16(13-7-5-4-6-8-13)17(23)21-15-11-9-14(20)10-12-15/h4-12,16H,1-3H3,(H,21,23)(H,22,24)/t16-/m1/s1. The molecule has 0 saturated carbocycles. The Labute approximate surface area is 161 Å². The zero-order valence-corrected chi connectivity index (χ0v) is 16.5. The van der Waals surface area contributed by atoms with E-state index in [1.54, 1.807) is 32.9 Å². The van der Waals surface area contributed by atoms with E-state index in [-0.39, 0.29) is 5.91 Å². The van der Waals surface area contributed by atoms with Gasteiger partial charge in [-0.1, -0.05) is 30.3 Å². The molecule has 1 atom stereocenters. The number of hydrogen-bond donors (Lipinski definition) is 2. The fourth-order valence-corrected chi connectivity index (χ4v) is 2.48. The summed E-state index contributed by atoms with van der Waals surface area (Å²) in [7, 11) is 0. The highest BCUT2D eigenvalue weighted by Gasteiger charge is 2.25. The van der Waals surface area contributed by atoms with Crippen LogP contribution in [0.25, 0.3) is 0 Å². The maximum Gasteiger partial charge on any atom is 0.408 e. The van der Waals surface area contributed by atoms with E-state index in [9.17, 15) is 9.59 Å². The van der Waals surface area contributed by atoms with Gasteiger partial charge in [-0.25, -0.2) is 4.79 Å². The Kier molecular flexibility index (Phi) is 6.41. The van der Waals surface area contributed by atoms with Gasteiger partial charge in [-0.3, -0.25) is 4.79 Å². The van der Waals surface area contributed by atoms with Crippen LogP contribution in [0.1, 0.15) is 32.4 Å². The third-order valence-electron chi connectivity index (χ3n) is 3.17. The van der Waals surface area contributed by atoms with E-state index < -0.39 is 17.7 Å². The van der Waals surface area contributed by atoms with Crippen molar-refractivity contribution < 1.29 is 14.3 Å². The van der Waals surface area contributed by atoms with Gasteiger partial charge in [-0.15, -0.1) is 0 Å². The summed E-state index contributed by atoms with van der Waals surface area (Å²) in [6.45, 7) is 5.32. The summed E-state index contributed by atoms with van der Waals surface area (Å²) in [5.41, 5.74) is 0.700. The van der Waals surface area contributed by atoms with Crippen LogP contribution in [-0.4, -0.2) is 17.6 Å². The van der Waals surface area contributed by atoms with Gasteiger partial charge in [0.2, 0.25) is 0 Å². The minimum atomic E-state index is -0.852. The summed E-state index contributed by atoms with van der Waals surface area (Å²) in [6, 6.07) is 15.6. The van der Waals surface area contributed by atoms with Gasteiger partial charge in [0.25, 0.3) is 5.91 Å². The van der Waals surface area contributed by atoms with E-state index in [0.717, 1.165) is 3.57 Å². The van der Waals surface area contributed by atoms with Crippen molar-refractivity contribution in [3.8, 4) is 0 Å². The van der Waals surface area contributed by atoms with Gasteiger partial charge in [0, 0.05) is 9.26 Å². The van der Waals surface area contributed by atoms with Gasteiger partial charge >= 0.3 is 6.09 Å². The lowest BCUT2D eigenvalue weighted by Crippen LogP contribution is -2.40. The number of carbonyl (C=O) groups is 2. The molecule has 5 nitrogen and oxygen atoms in total. The van der Waals surface area contributed by atoms with Crippen LogP contribution in [0.2, 0.25) is 0 Å². The monoisotopic (exact) mass is 452 g/mol. The molecule has 25 heavy (non-hydrogen) atoms. The second kappa shape index (κ2) is 8.33. The molecule has 0 aliphatic carbocycles. The summed E-state index contributed by atoms with van der Waals surface area (Å²) in [5.74, 6) is -0.335. The Hall–Kier alpha value is -2.09. The number of nitrogens with one attached hydrogen (secondary N) is 2. The van der Waals surface area contributed by atoms with Crippen molar-refractivity contribution in [2.45, 2.75) is 32.4 Å². The highest BCUT2D eigenvalue weighted by molar-refractivity contribution is 14.1. The van der Waals surface area contributed by atoms with Crippen LogP contribution in [-0.2, 0) is 9.53 Å². The average Bonchev–Trinajstić information content (AvgIpc) is 2.54. The van der Waals surface area contributed by atoms with Gasteiger partial charge in [0.15, 0.2) is 0 Å². The highest BCUT2D eigenvalue weighted by atomic mass is 127. The Bertz CT molecular complexity index is 725. The molecule has 2 rings (SSSR count). The SMILES string of the molecule is CC(C)(C)OC(=O)N[C@@H](C(=O)Nc1ccc(I)cc1)c1ccccc1. The first-order valence-electron chi connectivity index (χ1n) is 7.85. The zero-order valence-electron chi connectivity index (χ0n) is 14.4. The molecule has 0 bridgehead atoms. The van der Waals surface area contributed by atoms with Crippen molar-refractivity contribution in [1.82, 2.24) is 5.32 Å². The van der Waals surface area contributed by atoms with Crippen molar-refractivity contribution >= 4 is 40.3 Å². The van der Waals surface area contributed by atoms with Crippen LogP contribution in [0, 0.1) is 3.57 Å². The predicted octanol–water partition coefficient (Wildman–Crippen LogP) is 4.50. The Balaban J connectivity index is 2.17. The molecule has 0 radical (unpaired) electrons. The predicted molar refractivity (Wildman–Crippen MR) is 106 cm³/mol. The second-order valence-electron chi connectivity index (χ2n) is 6.49. The van der Waals surface area contributed by atoms with Crippen molar-refractivity contribution in [3.05, 3.63) is 63.7 Å². The van der Waals surface area contributed by atoms with Gasteiger partial charge in [0.05, 0.1) is 0 Å². The summed E-state index contributed by atoms with van der Waals surface area (Å²) in [5, 5.41) is 5.47. The number of alkyl carbamates (subject to hydrolysis) is 1. The van der Waals surface area contributed by atoms with Gasteiger partial charge in [-0.2, -0.15) is 0 Å². The maximum atomic E-state index is 12.7. The van der Waals surface area contributed by atoms with Crippen LogP contribution < -0.4 is 10.6 Å². The summed E-state index contributed by atoms with van der Waals surface area (Å²) < 4.78 is 6.35. The van der Waals surface area contributed by atoms with E-state index in [4.69, 9.17) is 4.74 Å². The molecule has 0 spiro atoms. The number of benzene rings is 2. The van der Waals surface area contributed by atoms with E-state index in [2.05, 4.69) is 33.2 Å². The molecule has 2 amide bonds. The Morgan fingerprint density at radius 3 is 2.16 bits per heavy atom. The molecular formula is C19H21IN2O3. The third-order valence-corrected chi connectivity index (χ3v) is 3.89.